The molecule has 1 aliphatic rings. The molecule has 2 amide bonds. The van der Waals surface area contributed by atoms with Crippen LogP contribution in [0.5, 0.6) is 0 Å². The van der Waals surface area contributed by atoms with Crippen molar-refractivity contribution in [2.24, 2.45) is 5.73 Å². The Kier molecular flexibility index (Phi) is 4.68. The van der Waals surface area contributed by atoms with E-state index in [9.17, 15) is 9.59 Å². The number of rotatable bonds is 4. The zero-order chi connectivity index (χ0) is 16.4. The number of primary amides is 1. The lowest BCUT2D eigenvalue weighted by molar-refractivity contribution is -0.131. The lowest BCUT2D eigenvalue weighted by atomic mass is 10.1. The van der Waals surface area contributed by atoms with Gasteiger partial charge in [0.25, 0.3) is 5.91 Å². The predicted octanol–water partition coefficient (Wildman–Crippen LogP) is 3.41. The number of amides is 2. The van der Waals surface area contributed by atoms with Crippen LogP contribution in [0.3, 0.4) is 0 Å². The molecule has 2 heterocycles. The van der Waals surface area contributed by atoms with E-state index in [4.69, 9.17) is 17.3 Å². The molecule has 1 atom stereocenters. The van der Waals surface area contributed by atoms with Gasteiger partial charge in [-0.05, 0) is 42.7 Å². The molecule has 0 radical (unpaired) electrons. The molecule has 1 aromatic carbocycles. The maximum Gasteiger partial charge on any atom is 0.258 e. The SMILES string of the molecule is NC(=O)c1ccc(C2CCCN2C(=O)Cc2ccc(Cl)cc2)s1. The second-order valence-corrected chi connectivity index (χ2v) is 7.17. The molecule has 1 unspecified atom stereocenters. The topological polar surface area (TPSA) is 63.4 Å². The van der Waals surface area contributed by atoms with E-state index in [2.05, 4.69) is 0 Å². The third kappa shape index (κ3) is 3.57. The van der Waals surface area contributed by atoms with Gasteiger partial charge in [-0.1, -0.05) is 23.7 Å². The molecule has 0 spiro atoms. The first-order valence-corrected chi connectivity index (χ1v) is 8.67. The van der Waals surface area contributed by atoms with Crippen LogP contribution in [-0.2, 0) is 11.2 Å². The molecular formula is C17H17ClN2O2S. The number of hydrogen-bond acceptors (Lipinski definition) is 3. The number of benzene rings is 1. The normalized spacial score (nSPS) is 17.4. The molecule has 120 valence electrons. The lowest BCUT2D eigenvalue weighted by Crippen LogP contribution is -2.31. The van der Waals surface area contributed by atoms with Crippen molar-refractivity contribution >= 4 is 34.8 Å². The van der Waals surface area contributed by atoms with E-state index in [-0.39, 0.29) is 11.9 Å². The largest absolute Gasteiger partial charge is 0.365 e. The highest BCUT2D eigenvalue weighted by atomic mass is 35.5. The van der Waals surface area contributed by atoms with E-state index in [0.717, 1.165) is 29.8 Å². The molecule has 4 nitrogen and oxygen atoms in total. The van der Waals surface area contributed by atoms with Crippen molar-refractivity contribution in [1.82, 2.24) is 4.90 Å². The zero-order valence-corrected chi connectivity index (χ0v) is 14.1. The fourth-order valence-electron chi connectivity index (χ4n) is 2.90. The number of nitrogens with zero attached hydrogens (tertiary/aromatic N) is 1. The van der Waals surface area contributed by atoms with Gasteiger partial charge in [0.15, 0.2) is 0 Å². The van der Waals surface area contributed by atoms with Gasteiger partial charge in [-0.2, -0.15) is 0 Å². The van der Waals surface area contributed by atoms with Gasteiger partial charge < -0.3 is 10.6 Å². The standard InChI is InChI=1S/C17H17ClN2O2S/c18-12-5-3-11(4-6-12)10-16(21)20-9-1-2-13(20)14-7-8-15(23-14)17(19)22/h3-8,13H,1-2,9-10H2,(H2,19,22). The Morgan fingerprint density at radius 3 is 2.61 bits per heavy atom. The van der Waals surface area contributed by atoms with Crippen molar-refractivity contribution in [2.45, 2.75) is 25.3 Å². The molecule has 0 aliphatic carbocycles. The van der Waals surface area contributed by atoms with Gasteiger partial charge in [-0.3, -0.25) is 9.59 Å². The van der Waals surface area contributed by atoms with Crippen molar-refractivity contribution in [3.05, 3.63) is 56.7 Å². The Morgan fingerprint density at radius 1 is 1.22 bits per heavy atom. The quantitative estimate of drug-likeness (QED) is 0.920. The predicted molar refractivity (Wildman–Crippen MR) is 91.7 cm³/mol. The van der Waals surface area contributed by atoms with Gasteiger partial charge in [-0.15, -0.1) is 11.3 Å². The summed E-state index contributed by atoms with van der Waals surface area (Å²) >= 11 is 7.26. The van der Waals surface area contributed by atoms with Crippen molar-refractivity contribution < 1.29 is 9.59 Å². The van der Waals surface area contributed by atoms with Gasteiger partial charge in [0.1, 0.15) is 0 Å². The summed E-state index contributed by atoms with van der Waals surface area (Å²) in [4.78, 5) is 27.4. The summed E-state index contributed by atoms with van der Waals surface area (Å²) in [6, 6.07) is 11.0. The molecule has 1 aromatic heterocycles. The molecule has 0 saturated carbocycles. The van der Waals surface area contributed by atoms with E-state index in [1.165, 1.54) is 11.3 Å². The van der Waals surface area contributed by atoms with Crippen molar-refractivity contribution in [1.29, 1.82) is 0 Å². The molecule has 1 fully saturated rings. The summed E-state index contributed by atoms with van der Waals surface area (Å²) in [5, 5.41) is 0.665. The number of thiophene rings is 1. The fraction of sp³-hybridized carbons (Fsp3) is 0.294. The van der Waals surface area contributed by atoms with Crippen LogP contribution in [0, 0.1) is 0 Å². The van der Waals surface area contributed by atoms with Crippen LogP contribution in [-0.4, -0.2) is 23.3 Å². The van der Waals surface area contributed by atoms with Crippen LogP contribution in [0.25, 0.3) is 0 Å². The summed E-state index contributed by atoms with van der Waals surface area (Å²) in [5.41, 5.74) is 6.27. The minimum absolute atomic E-state index is 0.0490. The van der Waals surface area contributed by atoms with Crippen LogP contribution in [0.4, 0.5) is 0 Å². The second-order valence-electron chi connectivity index (χ2n) is 5.61. The molecule has 2 aromatic rings. The van der Waals surface area contributed by atoms with E-state index >= 15 is 0 Å². The lowest BCUT2D eigenvalue weighted by Gasteiger charge is -2.24. The number of carbonyl (C=O) groups is 2. The summed E-state index contributed by atoms with van der Waals surface area (Å²) < 4.78 is 0. The van der Waals surface area contributed by atoms with Gasteiger partial charge >= 0.3 is 0 Å². The molecule has 1 aliphatic heterocycles. The highest BCUT2D eigenvalue weighted by Crippen LogP contribution is 2.36. The Labute approximate surface area is 143 Å². The Bertz CT molecular complexity index is 726. The van der Waals surface area contributed by atoms with Crippen LogP contribution in [0.1, 0.15) is 39.0 Å². The first-order chi connectivity index (χ1) is 11.0. The molecule has 2 N–H and O–H groups in total. The van der Waals surface area contributed by atoms with Crippen LogP contribution in [0.2, 0.25) is 5.02 Å². The van der Waals surface area contributed by atoms with E-state index in [0.29, 0.717) is 16.3 Å². The average Bonchev–Trinajstić information content (AvgIpc) is 3.17. The van der Waals surface area contributed by atoms with Crippen molar-refractivity contribution in [3.8, 4) is 0 Å². The van der Waals surface area contributed by atoms with Crippen LogP contribution < -0.4 is 5.73 Å². The minimum atomic E-state index is -0.418. The van der Waals surface area contributed by atoms with Gasteiger partial charge in [0, 0.05) is 16.4 Å². The zero-order valence-electron chi connectivity index (χ0n) is 12.5. The van der Waals surface area contributed by atoms with Gasteiger partial charge in [-0.25, -0.2) is 0 Å². The molecule has 0 bridgehead atoms. The summed E-state index contributed by atoms with van der Waals surface area (Å²) in [7, 11) is 0. The van der Waals surface area contributed by atoms with Crippen LogP contribution in [0.15, 0.2) is 36.4 Å². The first-order valence-electron chi connectivity index (χ1n) is 7.48. The Morgan fingerprint density at radius 2 is 1.96 bits per heavy atom. The van der Waals surface area contributed by atoms with E-state index < -0.39 is 5.91 Å². The molecule has 1 saturated heterocycles. The van der Waals surface area contributed by atoms with Gasteiger partial charge in [0.05, 0.1) is 17.3 Å². The van der Waals surface area contributed by atoms with Crippen molar-refractivity contribution in [3.63, 3.8) is 0 Å². The van der Waals surface area contributed by atoms with Crippen LogP contribution >= 0.6 is 22.9 Å². The monoisotopic (exact) mass is 348 g/mol. The number of carbonyl (C=O) groups excluding carboxylic acids is 2. The number of likely N-dealkylation sites (tertiary alicyclic amines) is 1. The third-order valence-electron chi connectivity index (χ3n) is 4.04. The highest BCUT2D eigenvalue weighted by Gasteiger charge is 2.31. The van der Waals surface area contributed by atoms with Crippen molar-refractivity contribution in [2.75, 3.05) is 6.54 Å². The van der Waals surface area contributed by atoms with E-state index in [1.807, 2.05) is 23.1 Å². The summed E-state index contributed by atoms with van der Waals surface area (Å²) in [5.74, 6) is -0.317. The minimum Gasteiger partial charge on any atom is -0.365 e. The maximum absolute atomic E-state index is 12.6. The molecule has 6 heteroatoms. The molecule has 3 rings (SSSR count). The maximum atomic E-state index is 12.6. The molecule has 23 heavy (non-hydrogen) atoms. The number of hydrogen-bond donors (Lipinski definition) is 1. The smallest absolute Gasteiger partial charge is 0.258 e. The number of halogens is 1. The second kappa shape index (κ2) is 6.72. The molecular weight excluding hydrogens is 332 g/mol. The number of nitrogens with two attached hydrogens (primary N) is 1. The first kappa shape index (κ1) is 16.0. The Hall–Kier alpha value is -1.85. The highest BCUT2D eigenvalue weighted by molar-refractivity contribution is 7.14. The van der Waals surface area contributed by atoms with E-state index in [1.54, 1.807) is 18.2 Å². The van der Waals surface area contributed by atoms with Gasteiger partial charge in [0.2, 0.25) is 5.91 Å². The summed E-state index contributed by atoms with van der Waals surface area (Å²) in [6.07, 6.45) is 2.26. The summed E-state index contributed by atoms with van der Waals surface area (Å²) in [6.45, 7) is 0.751. The Balaban J connectivity index is 1.73. The average molecular weight is 349 g/mol. The third-order valence-corrected chi connectivity index (χ3v) is 5.49. The fourth-order valence-corrected chi connectivity index (χ4v) is 4.04.